The van der Waals surface area contributed by atoms with E-state index in [9.17, 15) is 13.2 Å². The van der Waals surface area contributed by atoms with Crippen LogP contribution in [0.5, 0.6) is 5.75 Å². The lowest BCUT2D eigenvalue weighted by atomic mass is 10.1. The van der Waals surface area contributed by atoms with E-state index in [1.165, 1.54) is 25.3 Å². The van der Waals surface area contributed by atoms with Gasteiger partial charge in [0, 0.05) is 17.2 Å². The molecule has 0 saturated heterocycles. The van der Waals surface area contributed by atoms with E-state index in [4.69, 9.17) is 15.4 Å². The SMILES string of the molecule is COc1ccc(S(=O)(=O)Cl)cc1C(=O)NCC1(C)CC1. The highest BCUT2D eigenvalue weighted by molar-refractivity contribution is 8.13. The molecule has 1 fully saturated rings. The van der Waals surface area contributed by atoms with Crippen LogP contribution < -0.4 is 10.1 Å². The molecule has 0 aliphatic heterocycles. The molecule has 1 aromatic rings. The van der Waals surface area contributed by atoms with Crippen molar-refractivity contribution in [3.8, 4) is 5.75 Å². The van der Waals surface area contributed by atoms with Crippen LogP contribution in [0.4, 0.5) is 0 Å². The van der Waals surface area contributed by atoms with Crippen LogP contribution in [0, 0.1) is 5.41 Å². The summed E-state index contributed by atoms with van der Waals surface area (Å²) in [5, 5.41) is 2.80. The topological polar surface area (TPSA) is 72.5 Å². The van der Waals surface area contributed by atoms with Crippen LogP contribution in [-0.2, 0) is 9.05 Å². The number of ether oxygens (including phenoxy) is 1. The highest BCUT2D eigenvalue weighted by atomic mass is 35.7. The normalized spacial score (nSPS) is 16.6. The minimum absolute atomic E-state index is 0.122. The number of halogens is 1. The molecule has 20 heavy (non-hydrogen) atoms. The van der Waals surface area contributed by atoms with E-state index in [0.717, 1.165) is 12.8 Å². The summed E-state index contributed by atoms with van der Waals surface area (Å²) in [5.41, 5.74) is 0.331. The van der Waals surface area contributed by atoms with Crippen LogP contribution in [0.25, 0.3) is 0 Å². The van der Waals surface area contributed by atoms with Crippen molar-refractivity contribution < 1.29 is 17.9 Å². The van der Waals surface area contributed by atoms with Crippen molar-refractivity contribution in [1.82, 2.24) is 5.32 Å². The first-order valence-corrected chi connectivity index (χ1v) is 8.47. The van der Waals surface area contributed by atoms with Gasteiger partial charge in [-0.2, -0.15) is 0 Å². The number of nitrogens with one attached hydrogen (secondary N) is 1. The lowest BCUT2D eigenvalue weighted by Crippen LogP contribution is -2.29. The third kappa shape index (κ3) is 3.43. The molecule has 7 heteroatoms. The molecule has 0 bridgehead atoms. The summed E-state index contributed by atoms with van der Waals surface area (Å²) in [5.74, 6) is -0.0512. The lowest BCUT2D eigenvalue weighted by molar-refractivity contribution is 0.0943. The summed E-state index contributed by atoms with van der Waals surface area (Å²) in [7, 11) is 2.83. The van der Waals surface area contributed by atoms with Crippen LogP contribution in [0.3, 0.4) is 0 Å². The Morgan fingerprint density at radius 2 is 2.10 bits per heavy atom. The molecular formula is C13H16ClNO4S. The van der Waals surface area contributed by atoms with Crippen LogP contribution in [0.2, 0.25) is 0 Å². The summed E-state index contributed by atoms with van der Waals surface area (Å²) in [6, 6.07) is 3.95. The smallest absolute Gasteiger partial charge is 0.261 e. The largest absolute Gasteiger partial charge is 0.496 e. The minimum atomic E-state index is -3.88. The third-order valence-electron chi connectivity index (χ3n) is 3.48. The van der Waals surface area contributed by atoms with Gasteiger partial charge in [0.1, 0.15) is 5.75 Å². The molecule has 2 rings (SSSR count). The monoisotopic (exact) mass is 317 g/mol. The van der Waals surface area contributed by atoms with Gasteiger partial charge in [-0.15, -0.1) is 0 Å². The molecule has 110 valence electrons. The predicted molar refractivity (Wildman–Crippen MR) is 75.7 cm³/mol. The zero-order valence-corrected chi connectivity index (χ0v) is 12.8. The van der Waals surface area contributed by atoms with Gasteiger partial charge < -0.3 is 10.1 Å². The molecule has 1 aliphatic carbocycles. The highest BCUT2D eigenvalue weighted by Gasteiger charge is 2.37. The van der Waals surface area contributed by atoms with Crippen molar-refractivity contribution >= 4 is 25.6 Å². The number of methoxy groups -OCH3 is 1. The maximum absolute atomic E-state index is 12.1. The third-order valence-corrected chi connectivity index (χ3v) is 4.83. The van der Waals surface area contributed by atoms with Crippen LogP contribution in [0.1, 0.15) is 30.1 Å². The molecular weight excluding hydrogens is 302 g/mol. The Balaban J connectivity index is 2.25. The number of hydrogen-bond donors (Lipinski definition) is 1. The number of carbonyl (C=O) groups excluding carboxylic acids is 1. The first kappa shape index (κ1) is 15.1. The molecule has 0 heterocycles. The quantitative estimate of drug-likeness (QED) is 0.845. The van der Waals surface area contributed by atoms with Gasteiger partial charge in [0.2, 0.25) is 0 Å². The standard InChI is InChI=1S/C13H16ClNO4S/c1-13(5-6-13)8-15-12(16)10-7-9(20(14,17)18)3-4-11(10)19-2/h3-4,7H,5-6,8H2,1-2H3,(H,15,16). The van der Waals surface area contributed by atoms with E-state index in [1.807, 2.05) is 0 Å². The second-order valence-electron chi connectivity index (χ2n) is 5.29. The maximum atomic E-state index is 12.1. The van der Waals surface area contributed by atoms with Crippen LogP contribution in [-0.4, -0.2) is 28.0 Å². The summed E-state index contributed by atoms with van der Waals surface area (Å²) in [6.07, 6.45) is 2.17. The molecule has 5 nitrogen and oxygen atoms in total. The highest BCUT2D eigenvalue weighted by Crippen LogP contribution is 2.44. The summed E-state index contributed by atoms with van der Waals surface area (Å²) in [6.45, 7) is 2.65. The summed E-state index contributed by atoms with van der Waals surface area (Å²) in [4.78, 5) is 12.0. The molecule has 0 unspecified atom stereocenters. The number of carbonyl (C=O) groups is 1. The molecule has 1 aromatic carbocycles. The van der Waals surface area contributed by atoms with Crippen molar-refractivity contribution in [2.75, 3.05) is 13.7 Å². The van der Waals surface area contributed by atoms with E-state index >= 15 is 0 Å². The van der Waals surface area contributed by atoms with Gasteiger partial charge >= 0.3 is 0 Å². The van der Waals surface area contributed by atoms with Gasteiger partial charge in [0.05, 0.1) is 17.6 Å². The Kier molecular flexibility index (Phi) is 3.97. The van der Waals surface area contributed by atoms with Gasteiger partial charge in [-0.1, -0.05) is 6.92 Å². The number of hydrogen-bond acceptors (Lipinski definition) is 4. The average Bonchev–Trinajstić information content (AvgIpc) is 3.12. The van der Waals surface area contributed by atoms with Gasteiger partial charge in [0.15, 0.2) is 0 Å². The molecule has 1 amide bonds. The van der Waals surface area contributed by atoms with Crippen molar-refractivity contribution in [2.45, 2.75) is 24.7 Å². The van der Waals surface area contributed by atoms with E-state index < -0.39 is 9.05 Å². The Hall–Kier alpha value is -1.27. The second kappa shape index (κ2) is 5.26. The Bertz CT molecular complexity index is 638. The van der Waals surface area contributed by atoms with Crippen molar-refractivity contribution in [3.63, 3.8) is 0 Å². The molecule has 0 spiro atoms. The maximum Gasteiger partial charge on any atom is 0.261 e. The first-order chi connectivity index (χ1) is 9.25. The zero-order chi connectivity index (χ0) is 15.0. The van der Waals surface area contributed by atoms with Gasteiger partial charge in [0.25, 0.3) is 15.0 Å². The summed E-state index contributed by atoms with van der Waals surface area (Å²) < 4.78 is 27.7. The second-order valence-corrected chi connectivity index (χ2v) is 7.86. The first-order valence-electron chi connectivity index (χ1n) is 6.16. The fourth-order valence-electron chi connectivity index (χ4n) is 1.80. The van der Waals surface area contributed by atoms with Gasteiger partial charge in [-0.05, 0) is 36.5 Å². The van der Waals surface area contributed by atoms with E-state index in [2.05, 4.69) is 12.2 Å². The van der Waals surface area contributed by atoms with Crippen LogP contribution in [0.15, 0.2) is 23.1 Å². The van der Waals surface area contributed by atoms with E-state index in [1.54, 1.807) is 0 Å². The number of benzene rings is 1. The molecule has 0 radical (unpaired) electrons. The fourth-order valence-corrected chi connectivity index (χ4v) is 2.57. The Morgan fingerprint density at radius 3 is 2.60 bits per heavy atom. The zero-order valence-electron chi connectivity index (χ0n) is 11.3. The predicted octanol–water partition coefficient (Wildman–Crippen LogP) is 2.15. The molecule has 0 aromatic heterocycles. The molecule has 0 atom stereocenters. The van der Waals surface area contributed by atoms with E-state index in [0.29, 0.717) is 12.3 Å². The van der Waals surface area contributed by atoms with Crippen LogP contribution >= 0.6 is 10.7 Å². The van der Waals surface area contributed by atoms with Gasteiger partial charge in [-0.3, -0.25) is 4.79 Å². The summed E-state index contributed by atoms with van der Waals surface area (Å²) >= 11 is 0. The number of rotatable bonds is 5. The Labute approximate surface area is 122 Å². The minimum Gasteiger partial charge on any atom is -0.496 e. The van der Waals surface area contributed by atoms with Crippen molar-refractivity contribution in [2.24, 2.45) is 5.41 Å². The van der Waals surface area contributed by atoms with Crippen molar-refractivity contribution in [3.05, 3.63) is 23.8 Å². The number of amides is 1. The molecule has 1 saturated carbocycles. The lowest BCUT2D eigenvalue weighted by Gasteiger charge is -2.13. The molecule has 1 N–H and O–H groups in total. The van der Waals surface area contributed by atoms with E-state index in [-0.39, 0.29) is 21.8 Å². The Morgan fingerprint density at radius 1 is 1.45 bits per heavy atom. The van der Waals surface area contributed by atoms with Gasteiger partial charge in [-0.25, -0.2) is 8.42 Å². The average molecular weight is 318 g/mol. The molecule has 1 aliphatic rings. The van der Waals surface area contributed by atoms with Crippen molar-refractivity contribution in [1.29, 1.82) is 0 Å². The fraction of sp³-hybridized carbons (Fsp3) is 0.462.